The van der Waals surface area contributed by atoms with Crippen molar-refractivity contribution < 1.29 is 14.2 Å². The summed E-state index contributed by atoms with van der Waals surface area (Å²) in [4.78, 5) is 5.67. The van der Waals surface area contributed by atoms with Crippen LogP contribution in [0.25, 0.3) is 0 Å². The fourth-order valence-electron chi connectivity index (χ4n) is 2.82. The zero-order chi connectivity index (χ0) is 19.6. The van der Waals surface area contributed by atoms with Crippen LogP contribution in [0.1, 0.15) is 23.3 Å². The van der Waals surface area contributed by atoms with Crippen molar-refractivity contribution in [2.75, 3.05) is 41.5 Å². The number of ether oxygens (including phenoxy) is 3. The number of rotatable bonds is 9. The standard InChI is InChI=1S/C20H29N3O3S/c1-14(17-7-6-12-27-17)13-23-20(21-2)22-11-10-15-8-9-16(24-3)19(26-5)18(15)25-4/h6-9,12,14H,10-11,13H2,1-5H3,(H2,21,22,23). The number of aliphatic imine (C=N–C) groups is 1. The third-order valence-electron chi connectivity index (χ3n) is 4.30. The van der Waals surface area contributed by atoms with Gasteiger partial charge < -0.3 is 24.8 Å². The predicted molar refractivity (Wildman–Crippen MR) is 112 cm³/mol. The summed E-state index contributed by atoms with van der Waals surface area (Å²) in [5.74, 6) is 3.20. The van der Waals surface area contributed by atoms with Gasteiger partial charge in [0, 0.05) is 36.5 Å². The monoisotopic (exact) mass is 391 g/mol. The minimum atomic E-state index is 0.439. The zero-order valence-electron chi connectivity index (χ0n) is 16.7. The van der Waals surface area contributed by atoms with Gasteiger partial charge in [-0.05, 0) is 23.9 Å². The molecule has 27 heavy (non-hydrogen) atoms. The highest BCUT2D eigenvalue weighted by molar-refractivity contribution is 7.10. The molecular formula is C20H29N3O3S. The molecule has 7 heteroatoms. The molecule has 0 amide bonds. The van der Waals surface area contributed by atoms with E-state index in [1.165, 1.54) is 4.88 Å². The molecule has 1 unspecified atom stereocenters. The molecule has 0 saturated carbocycles. The third-order valence-corrected chi connectivity index (χ3v) is 5.40. The van der Waals surface area contributed by atoms with Crippen LogP contribution in [0.4, 0.5) is 0 Å². The molecule has 0 saturated heterocycles. The molecule has 2 N–H and O–H groups in total. The summed E-state index contributed by atoms with van der Waals surface area (Å²) in [7, 11) is 6.65. The number of nitrogens with zero attached hydrogens (tertiary/aromatic N) is 1. The van der Waals surface area contributed by atoms with Crippen molar-refractivity contribution in [2.45, 2.75) is 19.3 Å². The topological polar surface area (TPSA) is 64.1 Å². The molecule has 6 nitrogen and oxygen atoms in total. The van der Waals surface area contributed by atoms with E-state index in [4.69, 9.17) is 14.2 Å². The lowest BCUT2D eigenvalue weighted by molar-refractivity contribution is 0.322. The quantitative estimate of drug-likeness (QED) is 0.507. The Kier molecular flexibility index (Phi) is 8.26. The molecule has 0 radical (unpaired) electrons. The second-order valence-electron chi connectivity index (χ2n) is 6.04. The molecule has 148 valence electrons. The van der Waals surface area contributed by atoms with E-state index in [-0.39, 0.29) is 0 Å². The molecule has 2 rings (SSSR count). The molecule has 0 aliphatic carbocycles. The molecule has 0 aliphatic rings. The Morgan fingerprint density at radius 2 is 1.85 bits per heavy atom. The average Bonchev–Trinajstić information content (AvgIpc) is 3.24. The van der Waals surface area contributed by atoms with Crippen LogP contribution >= 0.6 is 11.3 Å². The van der Waals surface area contributed by atoms with Crippen LogP contribution in [0.15, 0.2) is 34.6 Å². The Labute approximate surface area is 165 Å². The van der Waals surface area contributed by atoms with Gasteiger partial charge in [-0.15, -0.1) is 11.3 Å². The first-order valence-electron chi connectivity index (χ1n) is 8.90. The summed E-state index contributed by atoms with van der Waals surface area (Å²) in [6.07, 6.45) is 0.769. The summed E-state index contributed by atoms with van der Waals surface area (Å²) >= 11 is 1.78. The van der Waals surface area contributed by atoms with Gasteiger partial charge in [0.2, 0.25) is 5.75 Å². The molecule has 0 aliphatic heterocycles. The minimum Gasteiger partial charge on any atom is -0.493 e. The first kappa shape index (κ1) is 20.9. The fraction of sp³-hybridized carbons (Fsp3) is 0.450. The van der Waals surface area contributed by atoms with Crippen LogP contribution in [-0.2, 0) is 6.42 Å². The number of benzene rings is 1. The lowest BCUT2D eigenvalue weighted by atomic mass is 10.1. The molecular weight excluding hydrogens is 362 g/mol. The Hall–Kier alpha value is -2.41. The highest BCUT2D eigenvalue weighted by Crippen LogP contribution is 2.39. The van der Waals surface area contributed by atoms with Gasteiger partial charge in [-0.25, -0.2) is 0 Å². The number of methoxy groups -OCH3 is 3. The number of nitrogens with one attached hydrogen (secondary N) is 2. The maximum absolute atomic E-state index is 5.54. The Morgan fingerprint density at radius 3 is 2.44 bits per heavy atom. The summed E-state index contributed by atoms with van der Waals surface area (Å²) in [5.41, 5.74) is 1.05. The van der Waals surface area contributed by atoms with Crippen LogP contribution in [-0.4, -0.2) is 47.4 Å². The van der Waals surface area contributed by atoms with Crippen molar-refractivity contribution in [1.82, 2.24) is 10.6 Å². The van der Waals surface area contributed by atoms with Gasteiger partial charge >= 0.3 is 0 Å². The fourth-order valence-corrected chi connectivity index (χ4v) is 3.61. The average molecular weight is 392 g/mol. The van der Waals surface area contributed by atoms with Crippen LogP contribution in [0.2, 0.25) is 0 Å². The highest BCUT2D eigenvalue weighted by Gasteiger charge is 2.15. The van der Waals surface area contributed by atoms with E-state index in [1.807, 2.05) is 12.1 Å². The van der Waals surface area contributed by atoms with Crippen molar-refractivity contribution in [3.05, 3.63) is 40.1 Å². The molecule has 0 spiro atoms. The van der Waals surface area contributed by atoms with Crippen LogP contribution in [0.5, 0.6) is 17.2 Å². The number of hydrogen-bond donors (Lipinski definition) is 2. The largest absolute Gasteiger partial charge is 0.493 e. The SMILES string of the molecule is CN=C(NCCc1ccc(OC)c(OC)c1OC)NCC(C)c1cccs1. The Bertz CT molecular complexity index is 732. The summed E-state index contributed by atoms with van der Waals surface area (Å²) in [6.45, 7) is 3.76. The van der Waals surface area contributed by atoms with E-state index in [2.05, 4.69) is 40.1 Å². The van der Waals surface area contributed by atoms with Crippen LogP contribution < -0.4 is 24.8 Å². The first-order chi connectivity index (χ1) is 13.1. The van der Waals surface area contributed by atoms with E-state index in [1.54, 1.807) is 39.7 Å². The molecule has 1 aromatic heterocycles. The molecule has 1 aromatic carbocycles. The van der Waals surface area contributed by atoms with E-state index in [0.29, 0.717) is 23.2 Å². The molecule has 1 heterocycles. The Balaban J connectivity index is 1.90. The van der Waals surface area contributed by atoms with Crippen molar-refractivity contribution in [1.29, 1.82) is 0 Å². The highest BCUT2D eigenvalue weighted by atomic mass is 32.1. The second kappa shape index (κ2) is 10.7. The van der Waals surface area contributed by atoms with Crippen LogP contribution in [0.3, 0.4) is 0 Å². The zero-order valence-corrected chi connectivity index (χ0v) is 17.5. The van der Waals surface area contributed by atoms with Gasteiger partial charge in [-0.2, -0.15) is 0 Å². The van der Waals surface area contributed by atoms with Gasteiger partial charge in [0.05, 0.1) is 21.3 Å². The molecule has 2 aromatic rings. The number of hydrogen-bond acceptors (Lipinski definition) is 5. The predicted octanol–water partition coefficient (Wildman–Crippen LogP) is 3.29. The van der Waals surface area contributed by atoms with Gasteiger partial charge in [0.15, 0.2) is 17.5 Å². The van der Waals surface area contributed by atoms with E-state index in [0.717, 1.165) is 31.0 Å². The van der Waals surface area contributed by atoms with Crippen LogP contribution in [0, 0.1) is 0 Å². The van der Waals surface area contributed by atoms with E-state index in [9.17, 15) is 0 Å². The summed E-state index contributed by atoms with van der Waals surface area (Å²) in [6, 6.07) is 8.14. The Morgan fingerprint density at radius 1 is 1.07 bits per heavy atom. The summed E-state index contributed by atoms with van der Waals surface area (Å²) < 4.78 is 16.3. The van der Waals surface area contributed by atoms with Gasteiger partial charge in [0.25, 0.3) is 0 Å². The van der Waals surface area contributed by atoms with Crippen molar-refractivity contribution in [3.63, 3.8) is 0 Å². The van der Waals surface area contributed by atoms with Gasteiger partial charge in [-0.3, -0.25) is 4.99 Å². The normalized spacial score (nSPS) is 12.4. The van der Waals surface area contributed by atoms with E-state index >= 15 is 0 Å². The lowest BCUT2D eigenvalue weighted by Crippen LogP contribution is -2.39. The van der Waals surface area contributed by atoms with Gasteiger partial charge in [-0.1, -0.05) is 19.1 Å². The number of thiophene rings is 1. The smallest absolute Gasteiger partial charge is 0.203 e. The van der Waals surface area contributed by atoms with Crippen molar-refractivity contribution in [2.24, 2.45) is 4.99 Å². The molecule has 1 atom stereocenters. The van der Waals surface area contributed by atoms with Crippen molar-refractivity contribution >= 4 is 17.3 Å². The second-order valence-corrected chi connectivity index (χ2v) is 7.02. The minimum absolute atomic E-state index is 0.439. The lowest BCUT2D eigenvalue weighted by Gasteiger charge is -2.17. The van der Waals surface area contributed by atoms with Gasteiger partial charge in [0.1, 0.15) is 0 Å². The van der Waals surface area contributed by atoms with Crippen molar-refractivity contribution in [3.8, 4) is 17.2 Å². The maximum atomic E-state index is 5.54. The summed E-state index contributed by atoms with van der Waals surface area (Å²) in [5, 5.41) is 8.84. The first-order valence-corrected chi connectivity index (χ1v) is 9.78. The molecule has 0 fully saturated rings. The van der Waals surface area contributed by atoms with E-state index < -0.39 is 0 Å². The number of guanidine groups is 1. The maximum Gasteiger partial charge on any atom is 0.203 e. The third kappa shape index (κ3) is 5.53. The molecule has 0 bridgehead atoms.